The number of ether oxygens (including phenoxy) is 3. The topological polar surface area (TPSA) is 39.7 Å². The lowest BCUT2D eigenvalue weighted by molar-refractivity contribution is -0.0409. The number of hydrogen-bond acceptors (Lipinski definition) is 4. The quantitative estimate of drug-likeness (QED) is 0.308. The minimum atomic E-state index is -0.0214. The van der Waals surface area contributed by atoms with E-state index in [-0.39, 0.29) is 11.6 Å². The fourth-order valence-electron chi connectivity index (χ4n) is 3.45. The molecule has 1 heterocycles. The van der Waals surface area contributed by atoms with E-state index < -0.39 is 0 Å². The van der Waals surface area contributed by atoms with Crippen LogP contribution in [0.1, 0.15) is 65.2 Å². The second-order valence-corrected chi connectivity index (χ2v) is 7.81. The molecule has 1 N–H and O–H groups in total. The average Bonchev–Trinajstić information content (AvgIpc) is 2.61. The van der Waals surface area contributed by atoms with Crippen molar-refractivity contribution in [1.82, 2.24) is 5.32 Å². The van der Waals surface area contributed by atoms with Gasteiger partial charge in [-0.15, -0.1) is 11.6 Å². The molecule has 1 saturated heterocycles. The molecule has 0 aromatic carbocycles. The summed E-state index contributed by atoms with van der Waals surface area (Å²) in [5.74, 6) is 1.77. The Kier molecular flexibility index (Phi) is 10.2. The molecule has 4 nitrogen and oxygen atoms in total. The SMILES string of the molecule is CCCCOCC(COCCCC)OC1=CC[C@H]2CCC(Cl)N[C@H]2C1. The average molecular weight is 374 g/mol. The van der Waals surface area contributed by atoms with E-state index in [1.165, 1.54) is 6.42 Å². The molecule has 5 heteroatoms. The molecule has 1 aliphatic carbocycles. The molecule has 0 amide bonds. The van der Waals surface area contributed by atoms with Crippen LogP contribution in [0.5, 0.6) is 0 Å². The fourth-order valence-corrected chi connectivity index (χ4v) is 3.74. The largest absolute Gasteiger partial charge is 0.490 e. The molecule has 1 fully saturated rings. The Hall–Kier alpha value is -0.290. The molecule has 0 saturated carbocycles. The van der Waals surface area contributed by atoms with E-state index in [0.717, 1.165) is 63.9 Å². The summed E-state index contributed by atoms with van der Waals surface area (Å²) in [4.78, 5) is 0. The highest BCUT2D eigenvalue weighted by atomic mass is 35.5. The van der Waals surface area contributed by atoms with E-state index in [0.29, 0.717) is 25.2 Å². The molecule has 0 spiro atoms. The first-order chi connectivity index (χ1) is 12.2. The third-order valence-electron chi connectivity index (χ3n) is 5.03. The number of fused-ring (bicyclic) bond motifs is 1. The molecule has 0 aromatic heterocycles. The summed E-state index contributed by atoms with van der Waals surface area (Å²) < 4.78 is 17.8. The van der Waals surface area contributed by atoms with Crippen LogP contribution in [0, 0.1) is 5.92 Å². The first-order valence-electron chi connectivity index (χ1n) is 10.1. The van der Waals surface area contributed by atoms with E-state index in [4.69, 9.17) is 25.8 Å². The van der Waals surface area contributed by atoms with Gasteiger partial charge in [-0.2, -0.15) is 0 Å². The van der Waals surface area contributed by atoms with Gasteiger partial charge in [0.2, 0.25) is 0 Å². The monoisotopic (exact) mass is 373 g/mol. The van der Waals surface area contributed by atoms with Gasteiger partial charge in [0.05, 0.1) is 24.5 Å². The van der Waals surface area contributed by atoms with Crippen LogP contribution >= 0.6 is 11.6 Å². The first kappa shape index (κ1) is 21.0. The van der Waals surface area contributed by atoms with Crippen molar-refractivity contribution in [3.8, 4) is 0 Å². The molecule has 1 unspecified atom stereocenters. The summed E-state index contributed by atoms with van der Waals surface area (Å²) in [6, 6.07) is 0.443. The summed E-state index contributed by atoms with van der Waals surface area (Å²) in [5, 5.41) is 3.52. The van der Waals surface area contributed by atoms with Gasteiger partial charge in [0.25, 0.3) is 0 Å². The van der Waals surface area contributed by atoms with Gasteiger partial charge in [0.15, 0.2) is 0 Å². The molecule has 2 aliphatic rings. The molecule has 0 bridgehead atoms. The minimum Gasteiger partial charge on any atom is -0.490 e. The Labute approximate surface area is 158 Å². The molecule has 3 atom stereocenters. The molecule has 0 radical (unpaired) electrons. The van der Waals surface area contributed by atoms with Crippen LogP contribution in [0.4, 0.5) is 0 Å². The van der Waals surface area contributed by atoms with Crippen LogP contribution in [0.3, 0.4) is 0 Å². The van der Waals surface area contributed by atoms with Crippen molar-refractivity contribution in [3.63, 3.8) is 0 Å². The fraction of sp³-hybridized carbons (Fsp3) is 0.900. The number of nitrogens with one attached hydrogen (secondary N) is 1. The summed E-state index contributed by atoms with van der Waals surface area (Å²) in [6.45, 7) is 7.15. The van der Waals surface area contributed by atoms with Crippen LogP contribution in [-0.4, -0.2) is 44.1 Å². The highest BCUT2D eigenvalue weighted by Gasteiger charge is 2.32. The number of unbranched alkanes of at least 4 members (excludes halogenated alkanes) is 2. The molecular formula is C20H36ClNO3. The molecule has 25 heavy (non-hydrogen) atoms. The van der Waals surface area contributed by atoms with E-state index in [1.54, 1.807) is 0 Å². The Balaban J connectivity index is 1.80. The van der Waals surface area contributed by atoms with Crippen molar-refractivity contribution >= 4 is 11.6 Å². The molecular weight excluding hydrogens is 338 g/mol. The summed E-state index contributed by atoms with van der Waals surface area (Å²) in [6.07, 6.45) is 11.0. The zero-order chi connectivity index (χ0) is 17.9. The summed E-state index contributed by atoms with van der Waals surface area (Å²) in [5.41, 5.74) is 0.103. The van der Waals surface area contributed by atoms with Gasteiger partial charge < -0.3 is 14.2 Å². The van der Waals surface area contributed by atoms with Crippen molar-refractivity contribution in [3.05, 3.63) is 11.8 Å². The van der Waals surface area contributed by atoms with Crippen LogP contribution < -0.4 is 5.32 Å². The van der Waals surface area contributed by atoms with E-state index in [2.05, 4.69) is 25.2 Å². The number of piperidine rings is 1. The third-order valence-corrected chi connectivity index (χ3v) is 5.38. The van der Waals surface area contributed by atoms with Gasteiger partial charge in [-0.3, -0.25) is 5.32 Å². The van der Waals surface area contributed by atoms with Gasteiger partial charge in [-0.25, -0.2) is 0 Å². The van der Waals surface area contributed by atoms with Gasteiger partial charge in [-0.05, 0) is 44.1 Å². The molecule has 1 aliphatic heterocycles. The lowest BCUT2D eigenvalue weighted by Gasteiger charge is -2.38. The second kappa shape index (κ2) is 12.2. The zero-order valence-electron chi connectivity index (χ0n) is 16.0. The van der Waals surface area contributed by atoms with Gasteiger partial charge in [-0.1, -0.05) is 26.7 Å². The predicted molar refractivity (Wildman–Crippen MR) is 103 cm³/mol. The third kappa shape index (κ3) is 7.86. The lowest BCUT2D eigenvalue weighted by atomic mass is 9.82. The van der Waals surface area contributed by atoms with Crippen molar-refractivity contribution < 1.29 is 14.2 Å². The Bertz CT molecular complexity index is 379. The highest BCUT2D eigenvalue weighted by Crippen LogP contribution is 2.33. The second-order valence-electron chi connectivity index (χ2n) is 7.29. The van der Waals surface area contributed by atoms with Crippen molar-refractivity contribution in [2.75, 3.05) is 26.4 Å². The number of alkyl halides is 1. The van der Waals surface area contributed by atoms with Gasteiger partial charge in [0, 0.05) is 25.7 Å². The van der Waals surface area contributed by atoms with Crippen LogP contribution in [0.2, 0.25) is 0 Å². The number of allylic oxidation sites excluding steroid dienone is 1. The Morgan fingerprint density at radius 3 is 2.44 bits per heavy atom. The van der Waals surface area contributed by atoms with Crippen molar-refractivity contribution in [1.29, 1.82) is 0 Å². The first-order valence-corrected chi connectivity index (χ1v) is 10.6. The predicted octanol–water partition coefficient (Wildman–Crippen LogP) is 4.62. The highest BCUT2D eigenvalue weighted by molar-refractivity contribution is 6.20. The van der Waals surface area contributed by atoms with Gasteiger partial charge in [0.1, 0.15) is 6.10 Å². The molecule has 146 valence electrons. The normalized spacial score (nSPS) is 26.4. The standard InChI is InChI=1S/C20H36ClNO3/c1-3-5-11-23-14-18(15-24-12-6-4-2)25-17-9-7-16-8-10-20(21)22-19(16)13-17/h9,16,18-20,22H,3-8,10-15H2,1-2H3/t16-,19-,20?/m0/s1. The number of hydrogen-bond donors (Lipinski definition) is 1. The van der Waals surface area contributed by atoms with Crippen LogP contribution in [-0.2, 0) is 14.2 Å². The van der Waals surface area contributed by atoms with Crippen molar-refractivity contribution in [2.24, 2.45) is 5.92 Å². The van der Waals surface area contributed by atoms with Gasteiger partial charge >= 0.3 is 0 Å². The zero-order valence-corrected chi connectivity index (χ0v) is 16.7. The minimum absolute atomic E-state index is 0.0214. The van der Waals surface area contributed by atoms with Crippen molar-refractivity contribution in [2.45, 2.75) is 82.9 Å². The Morgan fingerprint density at radius 1 is 1.12 bits per heavy atom. The van der Waals surface area contributed by atoms with Crippen LogP contribution in [0.25, 0.3) is 0 Å². The maximum absolute atomic E-state index is 6.28. The molecule has 0 aromatic rings. The Morgan fingerprint density at radius 2 is 1.80 bits per heavy atom. The maximum Gasteiger partial charge on any atom is 0.145 e. The maximum atomic E-state index is 6.28. The smallest absolute Gasteiger partial charge is 0.145 e. The summed E-state index contributed by atoms with van der Waals surface area (Å²) >= 11 is 6.28. The number of rotatable bonds is 12. The van der Waals surface area contributed by atoms with Crippen LogP contribution in [0.15, 0.2) is 11.8 Å². The lowest BCUT2D eigenvalue weighted by Crippen LogP contribution is -2.47. The van der Waals surface area contributed by atoms with E-state index in [1.807, 2.05) is 0 Å². The van der Waals surface area contributed by atoms with E-state index >= 15 is 0 Å². The number of halogens is 1. The molecule has 2 rings (SSSR count). The van der Waals surface area contributed by atoms with E-state index in [9.17, 15) is 0 Å². The summed E-state index contributed by atoms with van der Waals surface area (Å²) in [7, 11) is 0.